The van der Waals surface area contributed by atoms with Gasteiger partial charge >= 0.3 is 0 Å². The lowest BCUT2D eigenvalue weighted by molar-refractivity contribution is -0.114. The van der Waals surface area contributed by atoms with Gasteiger partial charge in [-0.1, -0.05) is 48.5 Å². The van der Waals surface area contributed by atoms with Gasteiger partial charge in [-0.15, -0.1) is 0 Å². The molecule has 30 heavy (non-hydrogen) atoms. The van der Waals surface area contributed by atoms with E-state index in [-0.39, 0.29) is 18.4 Å². The van der Waals surface area contributed by atoms with Gasteiger partial charge in [-0.2, -0.15) is 0 Å². The van der Waals surface area contributed by atoms with Crippen LogP contribution >= 0.6 is 0 Å². The molecule has 154 valence electrons. The van der Waals surface area contributed by atoms with Gasteiger partial charge in [0.1, 0.15) is 0 Å². The number of nitrogens with one attached hydrogen (secondary N) is 2. The predicted octanol–water partition coefficient (Wildman–Crippen LogP) is 4.63. The molecule has 0 heterocycles. The van der Waals surface area contributed by atoms with Crippen LogP contribution in [0, 0.1) is 13.8 Å². The average Bonchev–Trinajstić information content (AvgIpc) is 2.75. The zero-order valence-corrected chi connectivity index (χ0v) is 17.6. The molecule has 0 aromatic heterocycles. The van der Waals surface area contributed by atoms with E-state index >= 15 is 0 Å². The van der Waals surface area contributed by atoms with Crippen LogP contribution in [0.2, 0.25) is 0 Å². The molecule has 2 amide bonds. The first-order chi connectivity index (χ1) is 14.4. The Hall–Kier alpha value is -3.60. The molecule has 0 atom stereocenters. The summed E-state index contributed by atoms with van der Waals surface area (Å²) in [7, 11) is 1.78. The minimum absolute atomic E-state index is 0.0673. The van der Waals surface area contributed by atoms with Crippen LogP contribution < -0.4 is 10.6 Å². The van der Waals surface area contributed by atoms with Crippen molar-refractivity contribution in [2.75, 3.05) is 24.2 Å². The van der Waals surface area contributed by atoms with Crippen molar-refractivity contribution in [3.8, 4) is 0 Å². The number of rotatable bonds is 7. The number of carbonyl (C=O) groups is 2. The van der Waals surface area contributed by atoms with Crippen molar-refractivity contribution in [2.45, 2.75) is 20.4 Å². The first-order valence-electron chi connectivity index (χ1n) is 9.93. The van der Waals surface area contributed by atoms with Crippen molar-refractivity contribution >= 4 is 23.2 Å². The van der Waals surface area contributed by atoms with Gasteiger partial charge < -0.3 is 15.5 Å². The Morgan fingerprint density at radius 2 is 1.67 bits per heavy atom. The van der Waals surface area contributed by atoms with Crippen LogP contribution in [0.1, 0.15) is 27.0 Å². The molecule has 5 nitrogen and oxygen atoms in total. The van der Waals surface area contributed by atoms with Crippen LogP contribution in [-0.4, -0.2) is 30.3 Å². The second-order valence-corrected chi connectivity index (χ2v) is 7.45. The Kier molecular flexibility index (Phi) is 6.86. The van der Waals surface area contributed by atoms with Crippen LogP contribution in [-0.2, 0) is 11.3 Å². The Bertz CT molecular complexity index is 1030. The third kappa shape index (κ3) is 5.70. The van der Waals surface area contributed by atoms with Crippen molar-refractivity contribution < 1.29 is 9.59 Å². The van der Waals surface area contributed by atoms with Gasteiger partial charge in [0.25, 0.3) is 5.91 Å². The molecule has 3 aromatic carbocycles. The van der Waals surface area contributed by atoms with Crippen molar-refractivity contribution in [3.63, 3.8) is 0 Å². The van der Waals surface area contributed by atoms with Crippen molar-refractivity contribution in [1.82, 2.24) is 4.90 Å². The summed E-state index contributed by atoms with van der Waals surface area (Å²) in [6.07, 6.45) is 0. The topological polar surface area (TPSA) is 61.4 Å². The highest BCUT2D eigenvalue weighted by Gasteiger charge is 2.13. The zero-order chi connectivity index (χ0) is 21.5. The first-order valence-corrected chi connectivity index (χ1v) is 9.93. The van der Waals surface area contributed by atoms with E-state index in [0.29, 0.717) is 12.1 Å². The summed E-state index contributed by atoms with van der Waals surface area (Å²) >= 11 is 0. The highest BCUT2D eigenvalue weighted by atomic mass is 16.2. The molecule has 3 aromatic rings. The molecule has 2 N–H and O–H groups in total. The van der Waals surface area contributed by atoms with E-state index in [1.807, 2.05) is 74.5 Å². The normalized spacial score (nSPS) is 10.4. The second-order valence-electron chi connectivity index (χ2n) is 7.45. The number of aryl methyl sites for hydroxylation is 2. The molecule has 0 radical (unpaired) electrons. The van der Waals surface area contributed by atoms with Crippen LogP contribution in [0.15, 0.2) is 72.8 Å². The van der Waals surface area contributed by atoms with E-state index in [1.54, 1.807) is 24.1 Å². The van der Waals surface area contributed by atoms with Crippen molar-refractivity contribution in [1.29, 1.82) is 0 Å². The Labute approximate surface area is 177 Å². The highest BCUT2D eigenvalue weighted by Crippen LogP contribution is 2.17. The van der Waals surface area contributed by atoms with Crippen molar-refractivity contribution in [3.05, 3.63) is 95.1 Å². The summed E-state index contributed by atoms with van der Waals surface area (Å²) in [6, 6.07) is 23.0. The quantitative estimate of drug-likeness (QED) is 0.607. The van der Waals surface area contributed by atoms with Gasteiger partial charge in [-0.3, -0.25) is 9.59 Å². The Balaban J connectivity index is 1.59. The van der Waals surface area contributed by atoms with E-state index in [2.05, 4.69) is 10.6 Å². The standard InChI is InChI=1S/C25H27N3O2/c1-18-12-13-19(2)23(14-18)27-24(29)16-26-22-11-7-10-21(15-22)25(30)28(3)17-20-8-5-4-6-9-20/h4-15,26H,16-17H2,1-3H3,(H,27,29). The van der Waals surface area contributed by atoms with Gasteiger partial charge in [-0.05, 0) is 54.8 Å². The molecular weight excluding hydrogens is 374 g/mol. The monoisotopic (exact) mass is 401 g/mol. The number of hydrogen-bond donors (Lipinski definition) is 2. The summed E-state index contributed by atoms with van der Waals surface area (Å²) in [5, 5.41) is 6.03. The van der Waals surface area contributed by atoms with Crippen LogP contribution in [0.3, 0.4) is 0 Å². The van der Waals surface area contributed by atoms with E-state index in [1.165, 1.54) is 0 Å². The number of hydrogen-bond acceptors (Lipinski definition) is 3. The third-order valence-corrected chi connectivity index (χ3v) is 4.84. The van der Waals surface area contributed by atoms with Crippen LogP contribution in [0.5, 0.6) is 0 Å². The lowest BCUT2D eigenvalue weighted by Crippen LogP contribution is -2.26. The Morgan fingerprint density at radius 1 is 0.900 bits per heavy atom. The molecule has 0 spiro atoms. The van der Waals surface area contributed by atoms with E-state index < -0.39 is 0 Å². The molecule has 0 unspecified atom stereocenters. The average molecular weight is 402 g/mol. The van der Waals surface area contributed by atoms with E-state index in [9.17, 15) is 9.59 Å². The maximum atomic E-state index is 12.8. The molecule has 0 aliphatic heterocycles. The number of amides is 2. The predicted molar refractivity (Wildman–Crippen MR) is 122 cm³/mol. The maximum absolute atomic E-state index is 12.8. The molecule has 0 aliphatic rings. The molecule has 0 fully saturated rings. The number of anilines is 2. The Morgan fingerprint density at radius 3 is 2.43 bits per heavy atom. The van der Waals surface area contributed by atoms with Crippen LogP contribution in [0.4, 0.5) is 11.4 Å². The zero-order valence-electron chi connectivity index (χ0n) is 17.6. The third-order valence-electron chi connectivity index (χ3n) is 4.84. The summed E-state index contributed by atoms with van der Waals surface area (Å²) in [4.78, 5) is 26.8. The minimum atomic E-state index is -0.137. The summed E-state index contributed by atoms with van der Waals surface area (Å²) in [6.45, 7) is 4.61. The van der Waals surface area contributed by atoms with Crippen molar-refractivity contribution in [2.24, 2.45) is 0 Å². The molecule has 0 bridgehead atoms. The van der Waals surface area contributed by atoms with Gasteiger partial charge in [0.2, 0.25) is 5.91 Å². The lowest BCUT2D eigenvalue weighted by Gasteiger charge is -2.18. The lowest BCUT2D eigenvalue weighted by atomic mass is 10.1. The molecule has 0 saturated carbocycles. The minimum Gasteiger partial charge on any atom is -0.376 e. The molecule has 0 saturated heterocycles. The van der Waals surface area contributed by atoms with Gasteiger partial charge in [0.05, 0.1) is 6.54 Å². The summed E-state index contributed by atoms with van der Waals surface area (Å²) in [5.74, 6) is -0.205. The molecule has 3 rings (SSSR count). The van der Waals surface area contributed by atoms with Crippen LogP contribution in [0.25, 0.3) is 0 Å². The molecule has 5 heteroatoms. The van der Waals surface area contributed by atoms with E-state index in [4.69, 9.17) is 0 Å². The fourth-order valence-electron chi connectivity index (χ4n) is 3.16. The van der Waals surface area contributed by atoms with Gasteiger partial charge in [0, 0.05) is 30.5 Å². The second kappa shape index (κ2) is 9.74. The summed E-state index contributed by atoms with van der Waals surface area (Å²) in [5.41, 5.74) is 5.30. The molecular formula is C25H27N3O2. The number of nitrogens with zero attached hydrogens (tertiary/aromatic N) is 1. The maximum Gasteiger partial charge on any atom is 0.253 e. The largest absolute Gasteiger partial charge is 0.376 e. The fourth-order valence-corrected chi connectivity index (χ4v) is 3.16. The smallest absolute Gasteiger partial charge is 0.253 e. The number of benzene rings is 3. The SMILES string of the molecule is Cc1ccc(C)c(NC(=O)CNc2cccc(C(=O)N(C)Cc3ccccc3)c2)c1. The first kappa shape index (κ1) is 21.1. The van der Waals surface area contributed by atoms with Gasteiger partial charge in [-0.25, -0.2) is 0 Å². The number of carbonyl (C=O) groups excluding carboxylic acids is 2. The fraction of sp³-hybridized carbons (Fsp3) is 0.200. The van der Waals surface area contributed by atoms with Gasteiger partial charge in [0.15, 0.2) is 0 Å². The highest BCUT2D eigenvalue weighted by molar-refractivity contribution is 5.96. The van der Waals surface area contributed by atoms with E-state index in [0.717, 1.165) is 28.1 Å². The molecule has 0 aliphatic carbocycles. The summed E-state index contributed by atoms with van der Waals surface area (Å²) < 4.78 is 0.